The molecule has 10 heterocycles. The van der Waals surface area contributed by atoms with Crippen LogP contribution in [-0.4, -0.2) is 169 Å². The van der Waals surface area contributed by atoms with Crippen molar-refractivity contribution >= 4 is 29.5 Å². The number of fused-ring (bicyclic) bond motifs is 5. The second-order valence-corrected chi connectivity index (χ2v) is 33.5. The predicted molar refractivity (Wildman–Crippen MR) is 517 cm³/mol. The lowest BCUT2D eigenvalue weighted by Gasteiger charge is -2.28. The molecule has 0 aliphatic carbocycles. The van der Waals surface area contributed by atoms with Crippen LogP contribution in [0.25, 0.3) is 56.3 Å². The van der Waals surface area contributed by atoms with E-state index in [1.807, 2.05) is 291 Å². The zero-order valence-corrected chi connectivity index (χ0v) is 76.8. The molecule has 0 fully saturated rings. The second-order valence-electron chi connectivity index (χ2n) is 33.5. The second kappa shape index (κ2) is 44.5. The zero-order valence-electron chi connectivity index (χ0n) is 76.8. The van der Waals surface area contributed by atoms with Crippen LogP contribution in [0, 0.1) is 0 Å². The van der Waals surface area contributed by atoms with Gasteiger partial charge in [-0.25, -0.2) is 0 Å². The average molecular weight is 1790 g/mol. The van der Waals surface area contributed by atoms with Crippen molar-refractivity contribution in [3.63, 3.8) is 0 Å². The van der Waals surface area contributed by atoms with Gasteiger partial charge in [0.1, 0.15) is 28.7 Å². The summed E-state index contributed by atoms with van der Waals surface area (Å²) < 4.78 is 38.3. The molecule has 0 N–H and O–H groups in total. The van der Waals surface area contributed by atoms with Crippen LogP contribution >= 0.6 is 0 Å². The Labute approximate surface area is 782 Å². The van der Waals surface area contributed by atoms with Gasteiger partial charge in [0.25, 0.3) is 29.5 Å². The van der Waals surface area contributed by atoms with Gasteiger partial charge in [-0.2, -0.15) is 25.5 Å². The summed E-state index contributed by atoms with van der Waals surface area (Å²) in [4.78, 5) is 72.7. The van der Waals surface area contributed by atoms with E-state index < -0.39 is 0 Å². The fraction of sp³-hybridized carbons (Fsp3) is 0.266. The molecule has 134 heavy (non-hydrogen) atoms. The number of aromatic nitrogens is 10. The van der Waals surface area contributed by atoms with E-state index in [0.717, 1.165) is 141 Å². The van der Waals surface area contributed by atoms with E-state index in [2.05, 4.69) is 108 Å². The SMILES string of the molecule is CC(C)n1nc(-c2ccccc2)c2c1CCN(C(=O)COc1ccccc1)C2.CCn1nc(-c2ccccc2)c2c1CCN(C(=O)COc1ccccc1)C2.CCn1nc2c(c1-c1ccccc1)CN(C(=O)COc1ccccc1)CC2.Cn1nc(-c2ccccc2)c2c1CCN(C(=O)COc1ccccc1)C2.Cn1nc2c(c1-c1ccccc1)CN(C(=O)COc1ccccc1)CC2. The van der Waals surface area contributed by atoms with Gasteiger partial charge in [0.15, 0.2) is 33.0 Å². The maximum absolute atomic E-state index is 12.7. The van der Waals surface area contributed by atoms with Gasteiger partial charge >= 0.3 is 0 Å². The summed E-state index contributed by atoms with van der Waals surface area (Å²) in [5.74, 6) is 3.59. The molecule has 0 unspecified atom stereocenters. The van der Waals surface area contributed by atoms with Crippen molar-refractivity contribution in [1.82, 2.24) is 73.4 Å². The van der Waals surface area contributed by atoms with Crippen LogP contribution in [0.4, 0.5) is 0 Å². The first-order chi connectivity index (χ1) is 65.6. The Morgan fingerprint density at radius 3 is 0.896 bits per heavy atom. The molecule has 15 aromatic rings. The summed E-state index contributed by atoms with van der Waals surface area (Å²) in [6, 6.07) is 98.5. The summed E-state index contributed by atoms with van der Waals surface area (Å²) in [5.41, 5.74) is 22.3. The molecule has 0 bridgehead atoms. The largest absolute Gasteiger partial charge is 0.484 e. The van der Waals surface area contributed by atoms with Crippen molar-refractivity contribution in [2.24, 2.45) is 14.1 Å². The molecule has 0 saturated heterocycles. The molecule has 5 aromatic heterocycles. The summed E-state index contributed by atoms with van der Waals surface area (Å²) in [6.07, 6.45) is 3.99. The topological polar surface area (TPSA) is 237 Å². The first kappa shape index (κ1) is 91.9. The highest BCUT2D eigenvalue weighted by molar-refractivity contribution is 5.82. The number of hydrogen-bond donors (Lipinski definition) is 0. The van der Waals surface area contributed by atoms with Crippen molar-refractivity contribution in [3.8, 4) is 85.0 Å². The van der Waals surface area contributed by atoms with E-state index in [1.54, 1.807) is 0 Å². The van der Waals surface area contributed by atoms with E-state index >= 15 is 0 Å². The standard InChI is InChI=1S/C23H25N3O2.2C22H23N3O2.2C21H21N3O2/c1-17(2)26-21-13-14-25(22(27)16-28-19-11-7-4-8-12-19)15-20(21)23(24-26)18-9-5-3-6-10-18;1-2-25-20-13-14-24(21(26)16-27-18-11-7-4-8-12-18)15-19(20)22(23-25)17-9-5-3-6-10-17;1-2-25-22(17-9-5-3-6-10-17)19-15-24(14-13-20(19)23-25)21(26)16-27-18-11-7-4-8-12-18;1-23-19-12-13-24(20(25)15-26-17-10-6-3-7-11-17)14-18(19)21(22-23)16-8-4-2-5-9-16;1-23-21(16-8-4-2-5-9-16)18-14-24(13-12-19(18)22-23)20(25)15-26-17-10-6-3-7-11-17/h3-12,17H,13-16H2,1-2H3;2*3-12H,2,13-16H2,1H3;2*2-11H,12-15H2,1H3. The molecule has 0 saturated carbocycles. The molecule has 10 aromatic carbocycles. The summed E-state index contributed by atoms with van der Waals surface area (Å²) in [6.45, 7) is 16.7. The molecular formula is C109H113N15O10. The maximum Gasteiger partial charge on any atom is 0.260 e. The third-order valence-corrected chi connectivity index (χ3v) is 24.4. The Bertz CT molecular complexity index is 6280. The Morgan fingerprint density at radius 2 is 0.545 bits per heavy atom. The fourth-order valence-electron chi connectivity index (χ4n) is 17.6. The van der Waals surface area contributed by atoms with E-state index in [1.165, 1.54) is 17.1 Å². The number of amides is 5. The number of nitrogens with zero attached hydrogens (tertiary/aromatic N) is 15. The molecule has 25 nitrogen and oxygen atoms in total. The molecule has 684 valence electrons. The number of hydrogen-bond acceptors (Lipinski definition) is 15. The van der Waals surface area contributed by atoms with Gasteiger partial charge in [0.05, 0.1) is 39.9 Å². The minimum atomic E-state index is 0.00219. The Balaban J connectivity index is 0.000000122. The van der Waals surface area contributed by atoms with Gasteiger partial charge in [-0.3, -0.25) is 47.4 Å². The molecule has 5 aliphatic rings. The Hall–Kier alpha value is -15.4. The molecule has 0 atom stereocenters. The first-order valence-corrected chi connectivity index (χ1v) is 46.0. The van der Waals surface area contributed by atoms with Crippen LogP contribution < -0.4 is 23.7 Å². The van der Waals surface area contributed by atoms with Crippen molar-refractivity contribution in [3.05, 3.63) is 360 Å². The van der Waals surface area contributed by atoms with Crippen molar-refractivity contribution in [2.45, 2.75) is 112 Å². The van der Waals surface area contributed by atoms with Crippen molar-refractivity contribution < 1.29 is 47.7 Å². The van der Waals surface area contributed by atoms with Crippen molar-refractivity contribution in [2.75, 3.05) is 65.8 Å². The van der Waals surface area contributed by atoms with Gasteiger partial charge in [-0.05, 0) is 88.4 Å². The quantitative estimate of drug-likeness (QED) is 0.0579. The normalized spacial score (nSPS) is 13.4. The molecule has 5 amide bonds. The number of carbonyl (C=O) groups excluding carboxylic acids is 5. The Kier molecular flexibility index (Phi) is 30.5. The van der Waals surface area contributed by atoms with Gasteiger partial charge < -0.3 is 48.2 Å². The number of rotatable bonds is 23. The monoisotopic (exact) mass is 1790 g/mol. The van der Waals surface area contributed by atoms with Gasteiger partial charge in [0, 0.05) is 203 Å². The average Bonchev–Trinajstić information content (AvgIpc) is 2.04. The van der Waals surface area contributed by atoms with Crippen LogP contribution in [0.1, 0.15) is 90.0 Å². The number of aryl methyl sites for hydroxylation is 4. The lowest BCUT2D eigenvalue weighted by atomic mass is 10.0. The molecular weight excluding hydrogens is 1680 g/mol. The van der Waals surface area contributed by atoms with Gasteiger partial charge in [-0.1, -0.05) is 243 Å². The van der Waals surface area contributed by atoms with Crippen LogP contribution in [0.3, 0.4) is 0 Å². The van der Waals surface area contributed by atoms with E-state index in [4.69, 9.17) is 44.1 Å². The highest BCUT2D eigenvalue weighted by Crippen LogP contribution is 2.37. The van der Waals surface area contributed by atoms with Crippen molar-refractivity contribution in [1.29, 1.82) is 0 Å². The van der Waals surface area contributed by atoms with Crippen LogP contribution in [-0.2, 0) is 116 Å². The lowest BCUT2D eigenvalue weighted by molar-refractivity contribution is -0.135. The Morgan fingerprint density at radius 1 is 0.276 bits per heavy atom. The first-order valence-electron chi connectivity index (χ1n) is 46.0. The smallest absolute Gasteiger partial charge is 0.260 e. The molecule has 25 heteroatoms. The zero-order chi connectivity index (χ0) is 92.7. The van der Waals surface area contributed by atoms with Gasteiger partial charge in [-0.15, -0.1) is 0 Å². The third kappa shape index (κ3) is 22.6. The number of carbonyl (C=O) groups is 5. The summed E-state index contributed by atoms with van der Waals surface area (Å²) in [5, 5.41) is 23.9. The van der Waals surface area contributed by atoms with Crippen LogP contribution in [0.15, 0.2) is 303 Å². The number of ether oxygens (including phenoxy) is 5. The van der Waals surface area contributed by atoms with Crippen LogP contribution in [0.2, 0.25) is 0 Å². The highest BCUT2D eigenvalue weighted by atomic mass is 16.5. The molecule has 0 spiro atoms. The number of benzene rings is 10. The predicted octanol–water partition coefficient (Wildman–Crippen LogP) is 17.3. The molecule has 0 radical (unpaired) electrons. The number of para-hydroxylation sites is 5. The molecule has 5 aliphatic heterocycles. The summed E-state index contributed by atoms with van der Waals surface area (Å²) in [7, 11) is 3.94. The highest BCUT2D eigenvalue weighted by Gasteiger charge is 2.34. The van der Waals surface area contributed by atoms with Gasteiger partial charge in [0.2, 0.25) is 0 Å². The van der Waals surface area contributed by atoms with E-state index in [0.29, 0.717) is 94.2 Å². The maximum atomic E-state index is 12.7. The minimum absolute atomic E-state index is 0.00219. The lowest BCUT2D eigenvalue weighted by Crippen LogP contribution is -2.39. The molecule has 20 rings (SSSR count). The summed E-state index contributed by atoms with van der Waals surface area (Å²) >= 11 is 0. The van der Waals surface area contributed by atoms with E-state index in [9.17, 15) is 24.0 Å². The van der Waals surface area contributed by atoms with Crippen LogP contribution in [0.5, 0.6) is 28.7 Å². The van der Waals surface area contributed by atoms with E-state index in [-0.39, 0.29) is 68.6 Å². The fourth-order valence-corrected chi connectivity index (χ4v) is 17.6. The minimum Gasteiger partial charge on any atom is -0.484 e. The third-order valence-electron chi connectivity index (χ3n) is 24.4.